The molecule has 0 aliphatic carbocycles. The van der Waals surface area contributed by atoms with Gasteiger partial charge in [-0.15, -0.1) is 11.3 Å². The van der Waals surface area contributed by atoms with E-state index in [0.29, 0.717) is 30.3 Å². The molecule has 8 heteroatoms. The molecule has 0 spiro atoms. The van der Waals surface area contributed by atoms with Gasteiger partial charge in [-0.05, 0) is 52.1 Å². The molecule has 166 valence electrons. The predicted molar refractivity (Wildman–Crippen MR) is 121 cm³/mol. The van der Waals surface area contributed by atoms with Crippen LogP contribution in [0.5, 0.6) is 5.75 Å². The van der Waals surface area contributed by atoms with E-state index in [2.05, 4.69) is 4.98 Å². The Morgan fingerprint density at radius 1 is 1.26 bits per heavy atom. The van der Waals surface area contributed by atoms with Crippen LogP contribution in [0.15, 0.2) is 35.6 Å². The summed E-state index contributed by atoms with van der Waals surface area (Å²) in [5.74, 6) is -0.631. The fraction of sp³-hybridized carbons (Fsp3) is 0.435. The van der Waals surface area contributed by atoms with E-state index >= 15 is 0 Å². The largest absolute Gasteiger partial charge is 0.503 e. The van der Waals surface area contributed by atoms with Crippen molar-refractivity contribution in [2.24, 2.45) is 0 Å². The molecule has 7 nitrogen and oxygen atoms in total. The van der Waals surface area contributed by atoms with Crippen LogP contribution in [0.2, 0.25) is 0 Å². The van der Waals surface area contributed by atoms with Crippen molar-refractivity contribution in [2.75, 3.05) is 33.8 Å². The second-order valence-corrected chi connectivity index (χ2v) is 9.06. The minimum absolute atomic E-state index is 0.109. The number of amides is 1. The zero-order valence-corrected chi connectivity index (χ0v) is 19.5. The molecule has 3 rings (SSSR count). The van der Waals surface area contributed by atoms with E-state index in [1.807, 2.05) is 57.1 Å². The average molecular weight is 444 g/mol. The maximum atomic E-state index is 13.5. The Morgan fingerprint density at radius 3 is 2.48 bits per heavy atom. The summed E-state index contributed by atoms with van der Waals surface area (Å²) in [6.07, 6.45) is 0.903. The predicted octanol–water partition coefficient (Wildman–Crippen LogP) is 3.69. The number of ketones is 1. The molecular weight excluding hydrogens is 414 g/mol. The molecule has 1 aliphatic rings. The molecule has 1 amide bonds. The summed E-state index contributed by atoms with van der Waals surface area (Å²) in [5, 5.41) is 11.5. The van der Waals surface area contributed by atoms with Crippen LogP contribution in [0.1, 0.15) is 45.3 Å². The smallest absolute Gasteiger partial charge is 0.290 e. The van der Waals surface area contributed by atoms with E-state index in [0.717, 1.165) is 22.7 Å². The number of rotatable bonds is 9. The number of aryl methyl sites for hydroxylation is 2. The normalized spacial score (nSPS) is 16.5. The first-order valence-corrected chi connectivity index (χ1v) is 11.2. The van der Waals surface area contributed by atoms with E-state index in [-0.39, 0.29) is 11.4 Å². The van der Waals surface area contributed by atoms with E-state index in [9.17, 15) is 14.7 Å². The molecule has 31 heavy (non-hydrogen) atoms. The lowest BCUT2D eigenvalue weighted by Crippen LogP contribution is -2.36. The molecule has 1 N–H and O–H groups in total. The van der Waals surface area contributed by atoms with Crippen molar-refractivity contribution in [1.29, 1.82) is 0 Å². The van der Waals surface area contributed by atoms with Gasteiger partial charge in [0.1, 0.15) is 5.75 Å². The highest BCUT2D eigenvalue weighted by Crippen LogP contribution is 2.40. The topological polar surface area (TPSA) is 83.0 Å². The number of benzene rings is 1. The number of nitrogens with zero attached hydrogens (tertiary/aromatic N) is 3. The van der Waals surface area contributed by atoms with Crippen molar-refractivity contribution in [1.82, 2.24) is 14.8 Å². The quantitative estimate of drug-likeness (QED) is 0.595. The van der Waals surface area contributed by atoms with E-state index in [1.54, 1.807) is 11.8 Å². The third-order valence-electron chi connectivity index (χ3n) is 5.11. The lowest BCUT2D eigenvalue weighted by atomic mass is 9.95. The number of ether oxygens (including phenoxy) is 1. The van der Waals surface area contributed by atoms with Gasteiger partial charge in [-0.3, -0.25) is 9.59 Å². The Kier molecular flexibility index (Phi) is 7.12. The van der Waals surface area contributed by atoms with Gasteiger partial charge in [-0.2, -0.15) is 0 Å². The van der Waals surface area contributed by atoms with Crippen LogP contribution in [0, 0.1) is 13.8 Å². The fourth-order valence-corrected chi connectivity index (χ4v) is 4.48. The molecule has 2 aromatic rings. The van der Waals surface area contributed by atoms with Crippen molar-refractivity contribution in [2.45, 2.75) is 33.2 Å². The minimum Gasteiger partial charge on any atom is -0.503 e. The van der Waals surface area contributed by atoms with Gasteiger partial charge in [0.2, 0.25) is 5.78 Å². The van der Waals surface area contributed by atoms with Gasteiger partial charge in [0, 0.05) is 13.1 Å². The number of aliphatic hydroxyl groups is 1. The van der Waals surface area contributed by atoms with Gasteiger partial charge in [0.25, 0.3) is 5.91 Å². The highest BCUT2D eigenvalue weighted by molar-refractivity contribution is 7.14. The number of hydrogen-bond acceptors (Lipinski definition) is 7. The van der Waals surface area contributed by atoms with Gasteiger partial charge in [-0.25, -0.2) is 4.98 Å². The molecule has 1 aromatic heterocycles. The maximum absolute atomic E-state index is 13.5. The van der Waals surface area contributed by atoms with Gasteiger partial charge in [-0.1, -0.05) is 19.1 Å². The minimum atomic E-state index is -0.665. The monoisotopic (exact) mass is 443 g/mol. The first-order valence-electron chi connectivity index (χ1n) is 10.3. The fourth-order valence-electron chi connectivity index (χ4n) is 3.60. The summed E-state index contributed by atoms with van der Waals surface area (Å²) in [6.45, 7) is 7.24. The zero-order chi connectivity index (χ0) is 22.7. The van der Waals surface area contributed by atoms with Crippen LogP contribution in [0.4, 0.5) is 0 Å². The summed E-state index contributed by atoms with van der Waals surface area (Å²) < 4.78 is 5.66. The second kappa shape index (κ2) is 9.62. The zero-order valence-electron chi connectivity index (χ0n) is 18.6. The van der Waals surface area contributed by atoms with Crippen molar-refractivity contribution in [3.8, 4) is 5.75 Å². The Morgan fingerprint density at radius 2 is 1.94 bits per heavy atom. The van der Waals surface area contributed by atoms with E-state index < -0.39 is 17.7 Å². The molecule has 2 heterocycles. The van der Waals surface area contributed by atoms with Crippen LogP contribution in [-0.2, 0) is 4.79 Å². The molecule has 1 atom stereocenters. The Balaban J connectivity index is 2.02. The van der Waals surface area contributed by atoms with Crippen molar-refractivity contribution >= 4 is 23.0 Å². The molecule has 0 saturated heterocycles. The highest BCUT2D eigenvalue weighted by Gasteiger charge is 2.44. The van der Waals surface area contributed by atoms with Crippen LogP contribution < -0.4 is 4.74 Å². The SMILES string of the molecule is CCCOc1ccc([C@@H]2C(C(=O)c3sc(C)nc3C)=C(O)C(=O)N2CCN(C)C)cc1. The lowest BCUT2D eigenvalue weighted by molar-refractivity contribution is -0.129. The summed E-state index contributed by atoms with van der Waals surface area (Å²) in [7, 11) is 3.83. The number of thiazole rings is 1. The first kappa shape index (κ1) is 23.0. The average Bonchev–Trinajstić information content (AvgIpc) is 3.20. The van der Waals surface area contributed by atoms with Crippen LogP contribution >= 0.6 is 11.3 Å². The Hall–Kier alpha value is -2.71. The number of aliphatic hydroxyl groups excluding tert-OH is 1. The molecule has 0 unspecified atom stereocenters. The standard InChI is InChI=1S/C23H29N3O4S/c1-6-13-30-17-9-7-16(8-10-17)19-18(20(27)22-14(2)24-15(3)31-22)21(28)23(29)26(19)12-11-25(4)5/h7-10,19,28H,6,11-13H2,1-5H3/t19-/m1/s1. The summed E-state index contributed by atoms with van der Waals surface area (Å²) in [5.41, 5.74) is 1.47. The van der Waals surface area contributed by atoms with Crippen LogP contribution in [0.3, 0.4) is 0 Å². The molecule has 0 fully saturated rings. The molecule has 1 aliphatic heterocycles. The molecule has 1 aromatic carbocycles. The van der Waals surface area contributed by atoms with Gasteiger partial charge < -0.3 is 19.6 Å². The summed E-state index contributed by atoms with van der Waals surface area (Å²) in [4.78, 5) is 34.7. The molecular formula is C23H29N3O4S. The van der Waals surface area contributed by atoms with E-state index in [1.165, 1.54) is 11.3 Å². The number of hydrogen-bond donors (Lipinski definition) is 1. The van der Waals surface area contributed by atoms with Gasteiger partial charge in [0.15, 0.2) is 5.76 Å². The van der Waals surface area contributed by atoms with Crippen LogP contribution in [-0.4, -0.2) is 65.4 Å². The summed E-state index contributed by atoms with van der Waals surface area (Å²) in [6, 6.07) is 6.70. The van der Waals surface area contributed by atoms with Crippen molar-refractivity contribution in [3.05, 3.63) is 56.7 Å². The number of carbonyl (C=O) groups is 2. The van der Waals surface area contributed by atoms with Crippen molar-refractivity contribution < 1.29 is 19.4 Å². The number of aromatic nitrogens is 1. The van der Waals surface area contributed by atoms with Crippen molar-refractivity contribution in [3.63, 3.8) is 0 Å². The molecule has 0 bridgehead atoms. The number of carbonyl (C=O) groups excluding carboxylic acids is 2. The van der Waals surface area contributed by atoms with Crippen LogP contribution in [0.25, 0.3) is 0 Å². The first-order chi connectivity index (χ1) is 14.7. The maximum Gasteiger partial charge on any atom is 0.290 e. The van der Waals surface area contributed by atoms with E-state index in [4.69, 9.17) is 4.74 Å². The number of likely N-dealkylation sites (N-methyl/N-ethyl adjacent to an activating group) is 1. The Labute approximate surface area is 187 Å². The molecule has 0 radical (unpaired) electrons. The third-order valence-corrected chi connectivity index (χ3v) is 6.19. The highest BCUT2D eigenvalue weighted by atomic mass is 32.1. The number of Topliss-reactive ketones (excluding diaryl/α,β-unsaturated/α-hetero) is 1. The molecule has 0 saturated carbocycles. The van der Waals surface area contributed by atoms with Gasteiger partial charge in [0.05, 0.1) is 33.8 Å². The summed E-state index contributed by atoms with van der Waals surface area (Å²) >= 11 is 1.28. The second-order valence-electron chi connectivity index (χ2n) is 7.86. The lowest BCUT2D eigenvalue weighted by Gasteiger charge is -2.28. The Bertz CT molecular complexity index is 995. The van der Waals surface area contributed by atoms with Gasteiger partial charge >= 0.3 is 0 Å². The third kappa shape index (κ3) is 4.80.